The third kappa shape index (κ3) is 2.55. The van der Waals surface area contributed by atoms with Gasteiger partial charge in [0.05, 0.1) is 18.8 Å². The molecule has 3 saturated heterocycles. The van der Waals surface area contributed by atoms with Crippen LogP contribution in [-0.4, -0.2) is 30.2 Å². The van der Waals surface area contributed by atoms with Crippen LogP contribution in [0.5, 0.6) is 0 Å². The number of rotatable bonds is 1. The molecule has 7 rings (SSSR count). The molecule has 6 fully saturated rings. The van der Waals surface area contributed by atoms with Gasteiger partial charge >= 0.3 is 0 Å². The summed E-state index contributed by atoms with van der Waals surface area (Å²) < 4.78 is 13.3. The zero-order valence-electron chi connectivity index (χ0n) is 19.3. The van der Waals surface area contributed by atoms with Gasteiger partial charge in [-0.1, -0.05) is 37.1 Å². The summed E-state index contributed by atoms with van der Waals surface area (Å²) in [7, 11) is 0. The summed E-state index contributed by atoms with van der Waals surface area (Å²) in [5, 5.41) is 10.3. The lowest BCUT2D eigenvalue weighted by Crippen LogP contribution is -2.53. The smallest absolute Gasteiger partial charge is 0.164 e. The van der Waals surface area contributed by atoms with Gasteiger partial charge in [0.2, 0.25) is 0 Å². The topological polar surface area (TPSA) is 38.7 Å². The maximum absolute atomic E-state index is 10.3. The Kier molecular flexibility index (Phi) is 4.46. The minimum atomic E-state index is -0.116. The van der Waals surface area contributed by atoms with Gasteiger partial charge in [0, 0.05) is 11.3 Å². The van der Waals surface area contributed by atoms with Crippen molar-refractivity contribution in [1.82, 2.24) is 0 Å². The number of aliphatic hydroxyl groups is 1. The molecule has 4 bridgehead atoms. The first kappa shape index (κ1) is 20.0. The standard InChI is InChI=1S/C27H40O3/c1-15(2)11-20-16(3)24-23-13-22-19-6-5-17-12-18(28)7-9-26(17,4)21(19)8-10-27(22,24)14-29-25(20)30-23/h5,11,16,18-25,28H,6-10,12-14H2,1-4H3/t16-,18+,19-,20-,21+,22+,23+,24+,25+,26+,27-/m1/s1. The predicted octanol–water partition coefficient (Wildman–Crippen LogP) is 5.49. The summed E-state index contributed by atoms with van der Waals surface area (Å²) in [6.07, 6.45) is 13.4. The molecule has 1 spiro atoms. The van der Waals surface area contributed by atoms with E-state index in [0.29, 0.717) is 34.7 Å². The SMILES string of the molecule is CC(C)=C[C@H]1[C@H]2OC[C@]34CC[C@H]5[C@@H](CC=C6C[C@@H](O)CC[C@@]65C)[C@@H]3C[C@H](O2)[C@@H]4[C@@H]1C. The van der Waals surface area contributed by atoms with Crippen LogP contribution in [0.3, 0.4) is 0 Å². The summed E-state index contributed by atoms with van der Waals surface area (Å²) in [5.41, 5.74) is 3.59. The fourth-order valence-electron chi connectivity index (χ4n) is 9.51. The maximum atomic E-state index is 10.3. The molecule has 166 valence electrons. The number of allylic oxidation sites excluding steroid dienone is 2. The highest BCUT2D eigenvalue weighted by Gasteiger charge is 2.68. The van der Waals surface area contributed by atoms with E-state index in [1.165, 1.54) is 37.7 Å². The highest BCUT2D eigenvalue weighted by Crippen LogP contribution is 2.70. The second kappa shape index (κ2) is 6.68. The molecule has 3 heterocycles. The van der Waals surface area contributed by atoms with Crippen LogP contribution in [0.4, 0.5) is 0 Å². The Balaban J connectivity index is 1.36. The second-order valence-electron chi connectivity index (χ2n) is 12.2. The summed E-state index contributed by atoms with van der Waals surface area (Å²) in [6, 6.07) is 0. The molecule has 0 aromatic carbocycles. The van der Waals surface area contributed by atoms with E-state index in [4.69, 9.17) is 9.47 Å². The van der Waals surface area contributed by atoms with Crippen molar-refractivity contribution in [1.29, 1.82) is 0 Å². The summed E-state index contributed by atoms with van der Waals surface area (Å²) in [6.45, 7) is 10.3. The number of hydrogen-bond acceptors (Lipinski definition) is 3. The van der Waals surface area contributed by atoms with Crippen LogP contribution in [0.15, 0.2) is 23.3 Å². The van der Waals surface area contributed by atoms with E-state index in [9.17, 15) is 5.11 Å². The number of fused-ring (bicyclic) bond motifs is 6. The van der Waals surface area contributed by atoms with Gasteiger partial charge in [0.15, 0.2) is 6.29 Å². The van der Waals surface area contributed by atoms with Crippen LogP contribution < -0.4 is 0 Å². The Hall–Kier alpha value is -0.640. The Morgan fingerprint density at radius 2 is 2.03 bits per heavy atom. The van der Waals surface area contributed by atoms with Crippen molar-refractivity contribution < 1.29 is 14.6 Å². The van der Waals surface area contributed by atoms with E-state index in [0.717, 1.165) is 37.2 Å². The Morgan fingerprint density at radius 3 is 2.83 bits per heavy atom. The first-order valence-corrected chi connectivity index (χ1v) is 12.6. The number of hydrogen-bond donors (Lipinski definition) is 1. The van der Waals surface area contributed by atoms with E-state index in [1.54, 1.807) is 5.57 Å². The quantitative estimate of drug-likeness (QED) is 0.579. The lowest BCUT2D eigenvalue weighted by atomic mass is 9.46. The predicted molar refractivity (Wildman–Crippen MR) is 118 cm³/mol. The zero-order valence-corrected chi connectivity index (χ0v) is 19.3. The highest BCUT2D eigenvalue weighted by molar-refractivity contribution is 5.26. The lowest BCUT2D eigenvalue weighted by molar-refractivity contribution is -0.219. The van der Waals surface area contributed by atoms with Crippen LogP contribution in [0.2, 0.25) is 0 Å². The first-order valence-electron chi connectivity index (χ1n) is 12.6. The van der Waals surface area contributed by atoms with Crippen LogP contribution in [0.25, 0.3) is 0 Å². The van der Waals surface area contributed by atoms with Crippen molar-refractivity contribution in [2.45, 2.75) is 91.1 Å². The van der Waals surface area contributed by atoms with Gasteiger partial charge in [-0.25, -0.2) is 0 Å². The molecule has 3 saturated carbocycles. The molecule has 11 atom stereocenters. The molecule has 3 nitrogen and oxygen atoms in total. The summed E-state index contributed by atoms with van der Waals surface area (Å²) >= 11 is 0. The number of ether oxygens (including phenoxy) is 2. The molecule has 0 amide bonds. The Morgan fingerprint density at radius 1 is 1.20 bits per heavy atom. The van der Waals surface area contributed by atoms with Gasteiger partial charge < -0.3 is 14.6 Å². The van der Waals surface area contributed by atoms with E-state index < -0.39 is 0 Å². The van der Waals surface area contributed by atoms with E-state index in [-0.39, 0.29) is 12.4 Å². The lowest BCUT2D eigenvalue weighted by Gasteiger charge is -2.58. The highest BCUT2D eigenvalue weighted by atomic mass is 16.7. The molecule has 0 aromatic heterocycles. The molecule has 0 unspecified atom stereocenters. The molecule has 0 aromatic rings. The molecular weight excluding hydrogens is 372 g/mol. The normalized spacial score (nSPS) is 56.3. The molecule has 3 heteroatoms. The fraction of sp³-hybridized carbons (Fsp3) is 0.852. The Labute approximate surface area is 182 Å². The van der Waals surface area contributed by atoms with E-state index >= 15 is 0 Å². The first-order chi connectivity index (χ1) is 14.3. The van der Waals surface area contributed by atoms with Crippen LogP contribution in [0.1, 0.15) is 72.6 Å². The largest absolute Gasteiger partial charge is 0.393 e. The van der Waals surface area contributed by atoms with Crippen molar-refractivity contribution in [2.75, 3.05) is 6.61 Å². The minimum absolute atomic E-state index is 0.0376. The number of aliphatic hydroxyl groups excluding tert-OH is 1. The maximum Gasteiger partial charge on any atom is 0.164 e. The molecule has 4 aliphatic carbocycles. The average Bonchev–Trinajstić information content (AvgIpc) is 2.88. The third-order valence-electron chi connectivity index (χ3n) is 10.7. The van der Waals surface area contributed by atoms with Crippen molar-refractivity contribution in [3.63, 3.8) is 0 Å². The fourth-order valence-corrected chi connectivity index (χ4v) is 9.51. The van der Waals surface area contributed by atoms with Gasteiger partial charge in [-0.2, -0.15) is 0 Å². The van der Waals surface area contributed by atoms with Crippen LogP contribution in [0, 0.1) is 46.3 Å². The zero-order chi connectivity index (χ0) is 20.8. The summed E-state index contributed by atoms with van der Waals surface area (Å²) in [5.74, 6) is 3.98. The van der Waals surface area contributed by atoms with Gasteiger partial charge in [-0.3, -0.25) is 0 Å². The van der Waals surface area contributed by atoms with Crippen molar-refractivity contribution in [3.8, 4) is 0 Å². The third-order valence-corrected chi connectivity index (χ3v) is 10.7. The summed E-state index contributed by atoms with van der Waals surface area (Å²) in [4.78, 5) is 0. The molecule has 30 heavy (non-hydrogen) atoms. The Bertz CT molecular complexity index is 781. The average molecular weight is 413 g/mol. The van der Waals surface area contributed by atoms with E-state index in [1.807, 2.05) is 0 Å². The van der Waals surface area contributed by atoms with Crippen LogP contribution in [-0.2, 0) is 9.47 Å². The van der Waals surface area contributed by atoms with E-state index in [2.05, 4.69) is 39.8 Å². The molecule has 7 aliphatic rings. The molecule has 1 N–H and O–H groups in total. The molecule has 0 radical (unpaired) electrons. The minimum Gasteiger partial charge on any atom is -0.393 e. The van der Waals surface area contributed by atoms with Crippen molar-refractivity contribution in [2.24, 2.45) is 46.3 Å². The van der Waals surface area contributed by atoms with Crippen molar-refractivity contribution >= 4 is 0 Å². The monoisotopic (exact) mass is 412 g/mol. The molecule has 3 aliphatic heterocycles. The molecular formula is C27H40O3. The second-order valence-corrected chi connectivity index (χ2v) is 12.2. The van der Waals surface area contributed by atoms with Gasteiger partial charge in [-0.05, 0) is 93.8 Å². The van der Waals surface area contributed by atoms with Crippen LogP contribution >= 0.6 is 0 Å². The van der Waals surface area contributed by atoms with Crippen molar-refractivity contribution in [3.05, 3.63) is 23.3 Å². The van der Waals surface area contributed by atoms with Gasteiger partial charge in [0.1, 0.15) is 0 Å². The van der Waals surface area contributed by atoms with Gasteiger partial charge in [-0.15, -0.1) is 0 Å². The van der Waals surface area contributed by atoms with Gasteiger partial charge in [0.25, 0.3) is 0 Å².